The quantitative estimate of drug-likeness (QED) is 0.602. The second-order valence-corrected chi connectivity index (χ2v) is 10.4. The first-order valence-electron chi connectivity index (χ1n) is 12.3. The number of rotatable bonds is 0. The van der Waals surface area contributed by atoms with Crippen LogP contribution < -0.4 is 5.32 Å². The minimum Gasteiger partial charge on any atom is -0.443 e. The lowest BCUT2D eigenvalue weighted by molar-refractivity contribution is 0.0350. The zero-order valence-electron chi connectivity index (χ0n) is 20.3. The van der Waals surface area contributed by atoms with E-state index < -0.39 is 5.60 Å². The van der Waals surface area contributed by atoms with Crippen LogP contribution in [0.4, 0.5) is 14.9 Å². The summed E-state index contributed by atoms with van der Waals surface area (Å²) in [6.07, 6.45) is 7.12. The third kappa shape index (κ3) is 4.69. The minimum absolute atomic E-state index is 0.260. The predicted octanol–water partition coefficient (Wildman–Crippen LogP) is 4.64. The molecule has 0 saturated carbocycles. The number of aliphatic imine (C=N–C) groups is 1. The van der Waals surface area contributed by atoms with Crippen molar-refractivity contribution in [1.29, 1.82) is 0 Å². The molecule has 1 amide bonds. The molecule has 4 aliphatic heterocycles. The van der Waals surface area contributed by atoms with Crippen LogP contribution in [0.1, 0.15) is 52.0 Å². The molecule has 0 unspecified atom stereocenters. The molecule has 4 bridgehead atoms. The highest BCUT2D eigenvalue weighted by atomic mass is 19.1. The summed E-state index contributed by atoms with van der Waals surface area (Å²) in [7, 11) is 0. The molecule has 4 aliphatic rings. The first-order valence-corrected chi connectivity index (χ1v) is 12.3. The highest BCUT2D eigenvalue weighted by Gasteiger charge is 2.33. The predicted molar refractivity (Wildman–Crippen MR) is 132 cm³/mol. The molecule has 1 fully saturated rings. The summed E-state index contributed by atoms with van der Waals surface area (Å²) in [5.74, 6) is 1.14. The molecule has 0 aromatic heterocycles. The van der Waals surface area contributed by atoms with E-state index in [4.69, 9.17) is 9.73 Å². The number of carbonyl (C=O) groups is 1. The second kappa shape index (κ2) is 9.06. The number of nitrogens with zero attached hydrogens (tertiary/aromatic N) is 4. The van der Waals surface area contributed by atoms with Gasteiger partial charge in [-0.2, -0.15) is 0 Å². The van der Waals surface area contributed by atoms with Gasteiger partial charge >= 0.3 is 6.09 Å². The number of amides is 1. The molecular weight excluding hydrogens is 433 g/mol. The highest BCUT2D eigenvalue weighted by Crippen LogP contribution is 2.35. The van der Waals surface area contributed by atoms with Gasteiger partial charge < -0.3 is 15.0 Å². The van der Waals surface area contributed by atoms with Crippen molar-refractivity contribution in [2.24, 2.45) is 4.99 Å². The zero-order chi connectivity index (χ0) is 23.9. The van der Waals surface area contributed by atoms with E-state index in [0.717, 1.165) is 43.7 Å². The number of hydrogen-bond donors (Lipinski definition) is 1. The van der Waals surface area contributed by atoms with Crippen molar-refractivity contribution in [1.82, 2.24) is 14.7 Å². The molecule has 1 atom stereocenters. The Bertz CT molecular complexity index is 1060. The molecule has 1 aromatic rings. The molecule has 5 rings (SSSR count). The molecule has 34 heavy (non-hydrogen) atoms. The van der Waals surface area contributed by atoms with E-state index in [0.29, 0.717) is 49.2 Å². The second-order valence-electron chi connectivity index (χ2n) is 10.4. The molecule has 1 N–H and O–H groups in total. The topological polar surface area (TPSA) is 60.4 Å². The summed E-state index contributed by atoms with van der Waals surface area (Å²) < 4.78 is 20.8. The van der Waals surface area contributed by atoms with Gasteiger partial charge in [-0.25, -0.2) is 14.2 Å². The first-order chi connectivity index (χ1) is 16.3. The summed E-state index contributed by atoms with van der Waals surface area (Å²) in [6, 6.07) is 5.61. The number of allylic oxidation sites excluding steroid dienone is 2. The number of fused-ring (bicyclic) bond motifs is 4. The Labute approximate surface area is 200 Å². The molecule has 1 saturated heterocycles. The summed E-state index contributed by atoms with van der Waals surface area (Å²) >= 11 is 0. The largest absolute Gasteiger partial charge is 0.443 e. The van der Waals surface area contributed by atoms with Crippen LogP contribution in [0, 0.1) is 5.82 Å². The van der Waals surface area contributed by atoms with Crippen LogP contribution in [0.3, 0.4) is 0 Å². The Morgan fingerprint density at radius 3 is 2.88 bits per heavy atom. The van der Waals surface area contributed by atoms with Gasteiger partial charge in [0.1, 0.15) is 23.1 Å². The van der Waals surface area contributed by atoms with Crippen molar-refractivity contribution in [3.05, 3.63) is 47.7 Å². The summed E-state index contributed by atoms with van der Waals surface area (Å²) in [4.78, 5) is 24.4. The number of carbonyl (C=O) groups excluding carboxylic acids is 1. The van der Waals surface area contributed by atoms with E-state index in [2.05, 4.69) is 15.1 Å². The summed E-state index contributed by atoms with van der Waals surface area (Å²) in [5, 5.41) is 3.53. The number of amidine groups is 1. The third-order valence-electron chi connectivity index (χ3n) is 6.83. The average Bonchev–Trinajstić information content (AvgIpc) is 3.24. The number of halogens is 1. The number of anilines is 1. The van der Waals surface area contributed by atoms with E-state index in [-0.39, 0.29) is 11.9 Å². The number of hydrogen-bond acceptors (Lipinski definition) is 6. The standard InChI is InChI=1S/C26H34FN5O2/c1-26(2,3)34-25(33)32-15-14-30-11-4-6-19(30)17-28-18-8-9-22(27)21(16-18)20-7-5-12-31-13-10-23(32)29-24(20)31/h5,8-9,12,16,19,28H,4,6-7,10-11,13-15,17H2,1-3H3/t19-/m0/s1. The van der Waals surface area contributed by atoms with Crippen molar-refractivity contribution < 1.29 is 13.9 Å². The fourth-order valence-electron chi connectivity index (χ4n) is 5.16. The maximum Gasteiger partial charge on any atom is 0.415 e. The van der Waals surface area contributed by atoms with Gasteiger partial charge in [0.15, 0.2) is 0 Å². The van der Waals surface area contributed by atoms with Crippen LogP contribution >= 0.6 is 0 Å². The van der Waals surface area contributed by atoms with E-state index in [1.165, 1.54) is 6.07 Å². The zero-order valence-corrected chi connectivity index (χ0v) is 20.3. The summed E-state index contributed by atoms with van der Waals surface area (Å²) in [5.41, 5.74) is 1.72. The van der Waals surface area contributed by atoms with Gasteiger partial charge in [0.25, 0.3) is 0 Å². The van der Waals surface area contributed by atoms with E-state index in [1.807, 2.05) is 45.2 Å². The Balaban J connectivity index is 1.60. The fourth-order valence-corrected chi connectivity index (χ4v) is 5.16. The van der Waals surface area contributed by atoms with Crippen molar-refractivity contribution in [3.63, 3.8) is 0 Å². The maximum absolute atomic E-state index is 15.1. The van der Waals surface area contributed by atoms with E-state index in [9.17, 15) is 4.79 Å². The number of nitrogens with one attached hydrogen (secondary N) is 1. The number of ether oxygens (including phenoxy) is 1. The van der Waals surface area contributed by atoms with E-state index >= 15 is 4.39 Å². The van der Waals surface area contributed by atoms with Gasteiger partial charge in [0.2, 0.25) is 0 Å². The molecule has 4 heterocycles. The third-order valence-corrected chi connectivity index (χ3v) is 6.83. The Hall–Kier alpha value is -2.87. The molecule has 182 valence electrons. The lowest BCUT2D eigenvalue weighted by Crippen LogP contribution is -2.48. The van der Waals surface area contributed by atoms with Crippen LogP contribution in [-0.2, 0) is 4.74 Å². The van der Waals surface area contributed by atoms with Crippen molar-refractivity contribution >= 4 is 23.2 Å². The molecule has 0 radical (unpaired) electrons. The molecule has 0 aliphatic carbocycles. The first kappa shape index (κ1) is 22.9. The normalized spacial score (nSPS) is 23.2. The Kier molecular flexibility index (Phi) is 6.10. The fraction of sp³-hybridized carbons (Fsp3) is 0.538. The smallest absolute Gasteiger partial charge is 0.415 e. The number of benzene rings is 1. The minimum atomic E-state index is -0.598. The lowest BCUT2D eigenvalue weighted by atomic mass is 9.98. The maximum atomic E-state index is 15.1. The van der Waals surface area contributed by atoms with Crippen molar-refractivity contribution in [2.45, 2.75) is 58.1 Å². The van der Waals surface area contributed by atoms with Crippen LogP contribution in [-0.4, -0.2) is 71.0 Å². The van der Waals surface area contributed by atoms with Crippen molar-refractivity contribution in [2.75, 3.05) is 38.0 Å². The Morgan fingerprint density at radius 1 is 1.21 bits per heavy atom. The molecule has 7 nitrogen and oxygen atoms in total. The van der Waals surface area contributed by atoms with Crippen LogP contribution in [0.5, 0.6) is 0 Å². The van der Waals surface area contributed by atoms with Gasteiger partial charge in [-0.05, 0) is 64.8 Å². The van der Waals surface area contributed by atoms with Gasteiger partial charge in [-0.3, -0.25) is 9.80 Å². The average molecular weight is 468 g/mol. The monoisotopic (exact) mass is 467 g/mol. The molecule has 0 spiro atoms. The van der Waals surface area contributed by atoms with E-state index in [1.54, 1.807) is 4.90 Å². The molecule has 1 aromatic carbocycles. The van der Waals surface area contributed by atoms with Crippen LogP contribution in [0.25, 0.3) is 5.57 Å². The summed E-state index contributed by atoms with van der Waals surface area (Å²) in [6.45, 7) is 9.38. The highest BCUT2D eigenvalue weighted by molar-refractivity contribution is 5.97. The van der Waals surface area contributed by atoms with Gasteiger partial charge in [0, 0.05) is 61.7 Å². The SMILES string of the molecule is CC(C)(C)OC(=O)N1CCN2CCC[C@H]2CNc2ccc(F)c(c2)C2=C3N=C1CCN3C=CC2. The van der Waals surface area contributed by atoms with Crippen molar-refractivity contribution in [3.8, 4) is 0 Å². The van der Waals surface area contributed by atoms with Gasteiger partial charge in [-0.15, -0.1) is 0 Å². The Morgan fingerprint density at radius 2 is 2.06 bits per heavy atom. The van der Waals surface area contributed by atoms with Crippen LogP contribution in [0.15, 0.2) is 41.3 Å². The lowest BCUT2D eigenvalue weighted by Gasteiger charge is -2.36. The van der Waals surface area contributed by atoms with Gasteiger partial charge in [0.05, 0.1) is 0 Å². The van der Waals surface area contributed by atoms with Crippen LogP contribution in [0.2, 0.25) is 0 Å². The molecule has 8 heteroatoms. The molecular formula is C26H34FN5O2. The van der Waals surface area contributed by atoms with Gasteiger partial charge in [-0.1, -0.05) is 6.08 Å².